The van der Waals surface area contributed by atoms with Crippen molar-refractivity contribution in [1.82, 2.24) is 15.0 Å². The first-order valence-electron chi connectivity index (χ1n) is 5.27. The zero-order chi connectivity index (χ0) is 10.6. The van der Waals surface area contributed by atoms with Crippen molar-refractivity contribution >= 4 is 0 Å². The van der Waals surface area contributed by atoms with Crippen LogP contribution in [0.3, 0.4) is 0 Å². The Morgan fingerprint density at radius 2 is 2.21 bits per heavy atom. The highest BCUT2D eigenvalue weighted by Crippen LogP contribution is 2.23. The van der Waals surface area contributed by atoms with Gasteiger partial charge in [-0.1, -0.05) is 32.4 Å². The number of nitrogens with zero attached hydrogens (tertiary/aromatic N) is 3. The van der Waals surface area contributed by atoms with Gasteiger partial charge in [-0.3, -0.25) is 0 Å². The Balaban J connectivity index is 2.77. The van der Waals surface area contributed by atoms with Crippen molar-refractivity contribution < 1.29 is 5.11 Å². The number of hydrogen-bond donors (Lipinski definition) is 1. The first kappa shape index (κ1) is 11.2. The molecule has 0 saturated heterocycles. The van der Waals surface area contributed by atoms with Gasteiger partial charge in [-0.2, -0.15) is 0 Å². The second-order valence-corrected chi connectivity index (χ2v) is 3.71. The van der Waals surface area contributed by atoms with Crippen LogP contribution in [0.1, 0.15) is 45.4 Å². The molecule has 4 nitrogen and oxygen atoms in total. The molecule has 2 atom stereocenters. The molecule has 0 aromatic carbocycles. The molecule has 0 aliphatic rings. The molecule has 1 heterocycles. The number of aliphatic hydroxyl groups excluding tert-OH is 1. The van der Waals surface area contributed by atoms with E-state index in [2.05, 4.69) is 24.2 Å². The molecule has 0 aliphatic carbocycles. The van der Waals surface area contributed by atoms with Gasteiger partial charge in [0.1, 0.15) is 0 Å². The minimum atomic E-state index is -0.443. The van der Waals surface area contributed by atoms with E-state index in [1.54, 1.807) is 10.9 Å². The lowest BCUT2D eigenvalue weighted by atomic mass is 10.00. The molecule has 80 valence electrons. The van der Waals surface area contributed by atoms with Crippen LogP contribution in [0.25, 0.3) is 0 Å². The second kappa shape index (κ2) is 5.10. The lowest BCUT2D eigenvalue weighted by molar-refractivity contribution is 0.106. The van der Waals surface area contributed by atoms with Crippen LogP contribution in [0.2, 0.25) is 0 Å². The number of hydrogen-bond acceptors (Lipinski definition) is 3. The van der Waals surface area contributed by atoms with Crippen molar-refractivity contribution in [1.29, 1.82) is 0 Å². The predicted molar refractivity (Wildman–Crippen MR) is 54.7 cm³/mol. The second-order valence-electron chi connectivity index (χ2n) is 3.71. The normalized spacial score (nSPS) is 15.4. The van der Waals surface area contributed by atoms with E-state index in [0.29, 0.717) is 0 Å². The molecule has 14 heavy (non-hydrogen) atoms. The molecule has 0 spiro atoms. The fourth-order valence-electron chi connectivity index (χ4n) is 1.40. The van der Waals surface area contributed by atoms with E-state index >= 15 is 0 Å². The summed E-state index contributed by atoms with van der Waals surface area (Å²) in [4.78, 5) is 0. The Morgan fingerprint density at radius 3 is 2.79 bits per heavy atom. The summed E-state index contributed by atoms with van der Waals surface area (Å²) in [5.74, 6) is 0.254. The Morgan fingerprint density at radius 1 is 1.50 bits per heavy atom. The quantitative estimate of drug-likeness (QED) is 0.782. The Kier molecular flexibility index (Phi) is 4.07. The lowest BCUT2D eigenvalue weighted by Crippen LogP contribution is -2.14. The van der Waals surface area contributed by atoms with Crippen LogP contribution in [0.15, 0.2) is 6.20 Å². The highest BCUT2D eigenvalue weighted by molar-refractivity contribution is 5.00. The summed E-state index contributed by atoms with van der Waals surface area (Å²) in [5, 5.41) is 17.8. The molecule has 0 radical (unpaired) electrons. The minimum Gasteiger partial charge on any atom is -0.386 e. The fraction of sp³-hybridized carbons (Fsp3) is 0.800. The van der Waals surface area contributed by atoms with Crippen molar-refractivity contribution in [3.63, 3.8) is 0 Å². The number of aliphatic hydroxyl groups is 1. The molecule has 2 unspecified atom stereocenters. The number of rotatable bonds is 5. The Hall–Kier alpha value is -0.900. The van der Waals surface area contributed by atoms with Gasteiger partial charge in [0.25, 0.3) is 0 Å². The molecule has 0 amide bonds. The summed E-state index contributed by atoms with van der Waals surface area (Å²) in [6.45, 7) is 7.01. The lowest BCUT2D eigenvalue weighted by Gasteiger charge is -2.17. The molecule has 1 aromatic rings. The monoisotopic (exact) mass is 197 g/mol. The summed E-state index contributed by atoms with van der Waals surface area (Å²) in [5.41, 5.74) is 0.834. The predicted octanol–water partition coefficient (Wildman–Crippen LogP) is 1.77. The first-order chi connectivity index (χ1) is 6.70. The Bertz CT molecular complexity index is 272. The number of aromatic nitrogens is 3. The smallest absolute Gasteiger partial charge is 0.0998 e. The van der Waals surface area contributed by atoms with Crippen LogP contribution in [-0.2, 0) is 6.54 Å². The van der Waals surface area contributed by atoms with Crippen LogP contribution in [0.5, 0.6) is 0 Å². The van der Waals surface area contributed by atoms with Crippen LogP contribution in [-0.4, -0.2) is 20.1 Å². The van der Waals surface area contributed by atoms with Gasteiger partial charge < -0.3 is 5.11 Å². The van der Waals surface area contributed by atoms with Crippen LogP contribution < -0.4 is 0 Å². The molecule has 1 aromatic heterocycles. The average Bonchev–Trinajstić information content (AvgIpc) is 2.64. The van der Waals surface area contributed by atoms with Crippen LogP contribution in [0, 0.1) is 5.92 Å². The van der Waals surface area contributed by atoms with Crippen LogP contribution in [0.4, 0.5) is 0 Å². The maximum Gasteiger partial charge on any atom is 0.0998 e. The summed E-state index contributed by atoms with van der Waals surface area (Å²) >= 11 is 0. The van der Waals surface area contributed by atoms with Gasteiger partial charge in [-0.25, -0.2) is 4.68 Å². The van der Waals surface area contributed by atoms with E-state index in [-0.39, 0.29) is 5.92 Å². The third kappa shape index (κ3) is 2.32. The van der Waals surface area contributed by atoms with Gasteiger partial charge in [-0.15, -0.1) is 5.10 Å². The summed E-state index contributed by atoms with van der Waals surface area (Å²) in [6, 6.07) is 0. The molecule has 1 N–H and O–H groups in total. The van der Waals surface area contributed by atoms with Crippen molar-refractivity contribution in [2.45, 2.75) is 46.3 Å². The van der Waals surface area contributed by atoms with Gasteiger partial charge in [0, 0.05) is 6.54 Å². The standard InChI is InChI=1S/C10H19N3O/c1-4-6-13-9(7-11-12-13)10(14)8(3)5-2/h7-8,10,14H,4-6H2,1-3H3. The zero-order valence-electron chi connectivity index (χ0n) is 9.14. The van der Waals surface area contributed by atoms with Gasteiger partial charge in [0.15, 0.2) is 0 Å². The van der Waals surface area contributed by atoms with Gasteiger partial charge in [0.2, 0.25) is 0 Å². The zero-order valence-corrected chi connectivity index (χ0v) is 9.14. The van der Waals surface area contributed by atoms with E-state index in [0.717, 1.165) is 25.1 Å². The Labute approximate surface area is 84.9 Å². The first-order valence-corrected chi connectivity index (χ1v) is 5.27. The number of aryl methyl sites for hydroxylation is 1. The minimum absolute atomic E-state index is 0.254. The van der Waals surface area contributed by atoms with Crippen molar-refractivity contribution in [3.8, 4) is 0 Å². The van der Waals surface area contributed by atoms with E-state index in [1.165, 1.54) is 0 Å². The third-order valence-electron chi connectivity index (χ3n) is 2.57. The van der Waals surface area contributed by atoms with E-state index in [9.17, 15) is 5.11 Å². The average molecular weight is 197 g/mol. The van der Waals surface area contributed by atoms with Gasteiger partial charge in [0.05, 0.1) is 18.0 Å². The third-order valence-corrected chi connectivity index (χ3v) is 2.57. The molecule has 0 saturated carbocycles. The van der Waals surface area contributed by atoms with Gasteiger partial charge >= 0.3 is 0 Å². The summed E-state index contributed by atoms with van der Waals surface area (Å²) < 4.78 is 1.79. The van der Waals surface area contributed by atoms with E-state index in [1.807, 2.05) is 6.92 Å². The van der Waals surface area contributed by atoms with E-state index in [4.69, 9.17) is 0 Å². The molecule has 1 rings (SSSR count). The molecule has 4 heteroatoms. The van der Waals surface area contributed by atoms with Crippen molar-refractivity contribution in [3.05, 3.63) is 11.9 Å². The molecule has 0 fully saturated rings. The summed E-state index contributed by atoms with van der Waals surface area (Å²) in [7, 11) is 0. The molecule has 0 bridgehead atoms. The SMILES string of the molecule is CCCn1nncc1C(O)C(C)CC. The highest BCUT2D eigenvalue weighted by Gasteiger charge is 2.19. The molecular weight excluding hydrogens is 178 g/mol. The maximum atomic E-state index is 9.98. The van der Waals surface area contributed by atoms with Crippen LogP contribution >= 0.6 is 0 Å². The molecular formula is C10H19N3O. The van der Waals surface area contributed by atoms with Crippen molar-refractivity contribution in [2.24, 2.45) is 5.92 Å². The van der Waals surface area contributed by atoms with Gasteiger partial charge in [-0.05, 0) is 12.3 Å². The highest BCUT2D eigenvalue weighted by atomic mass is 16.3. The maximum absolute atomic E-state index is 9.98. The fourth-order valence-corrected chi connectivity index (χ4v) is 1.40. The van der Waals surface area contributed by atoms with Crippen molar-refractivity contribution in [2.75, 3.05) is 0 Å². The summed E-state index contributed by atoms with van der Waals surface area (Å²) in [6.07, 6.45) is 3.18. The molecule has 0 aliphatic heterocycles. The topological polar surface area (TPSA) is 50.9 Å². The largest absolute Gasteiger partial charge is 0.386 e. The van der Waals surface area contributed by atoms with E-state index < -0.39 is 6.10 Å².